The van der Waals surface area contributed by atoms with Crippen LogP contribution in [-0.4, -0.2) is 41.6 Å². The van der Waals surface area contributed by atoms with Crippen LogP contribution in [0.25, 0.3) is 0 Å². The zero-order valence-electron chi connectivity index (χ0n) is 13.2. The molecule has 0 bridgehead atoms. The number of nitrogens with one attached hydrogen (secondary N) is 1. The molecular weight excluding hydrogens is 328 g/mol. The molecule has 1 aliphatic heterocycles. The van der Waals surface area contributed by atoms with E-state index in [-0.39, 0.29) is 18.6 Å². The maximum atomic E-state index is 12.1. The Bertz CT molecular complexity index is 683. The van der Waals surface area contributed by atoms with Gasteiger partial charge in [0, 0.05) is 36.5 Å². The molecule has 0 aliphatic carbocycles. The monoisotopic (exact) mass is 346 g/mol. The van der Waals surface area contributed by atoms with Crippen LogP contribution in [0.5, 0.6) is 5.75 Å². The van der Waals surface area contributed by atoms with Gasteiger partial charge in [0.15, 0.2) is 6.61 Å². The lowest BCUT2D eigenvalue weighted by Crippen LogP contribution is -2.49. The molecule has 1 amide bonds. The van der Waals surface area contributed by atoms with E-state index in [9.17, 15) is 4.79 Å². The van der Waals surface area contributed by atoms with Crippen molar-refractivity contribution < 1.29 is 9.53 Å². The van der Waals surface area contributed by atoms with Gasteiger partial charge in [-0.3, -0.25) is 4.79 Å². The van der Waals surface area contributed by atoms with Gasteiger partial charge in [0.05, 0.1) is 0 Å². The SMILES string of the molecule is O=C(COc1cccc(Cl)c1)N[C@H]1CCCN(c2ncccn2)C1. The Balaban J connectivity index is 1.49. The number of carbonyl (C=O) groups excluding carboxylic acids is 1. The number of aromatic nitrogens is 2. The minimum absolute atomic E-state index is 0.0291. The molecule has 0 spiro atoms. The second-order valence-corrected chi connectivity index (χ2v) is 6.08. The van der Waals surface area contributed by atoms with Gasteiger partial charge >= 0.3 is 0 Å². The van der Waals surface area contributed by atoms with Crippen LogP contribution in [0.1, 0.15) is 12.8 Å². The summed E-state index contributed by atoms with van der Waals surface area (Å²) in [4.78, 5) is 22.7. The Labute approximate surface area is 145 Å². The number of nitrogens with zero attached hydrogens (tertiary/aromatic N) is 3. The number of carbonyl (C=O) groups is 1. The van der Waals surface area contributed by atoms with E-state index < -0.39 is 0 Å². The summed E-state index contributed by atoms with van der Waals surface area (Å²) in [5.41, 5.74) is 0. The second-order valence-electron chi connectivity index (χ2n) is 5.65. The fourth-order valence-electron chi connectivity index (χ4n) is 2.71. The lowest BCUT2D eigenvalue weighted by Gasteiger charge is -2.33. The van der Waals surface area contributed by atoms with Gasteiger partial charge < -0.3 is 15.0 Å². The average molecular weight is 347 g/mol. The molecule has 1 N–H and O–H groups in total. The molecule has 0 saturated carbocycles. The number of hydrogen-bond acceptors (Lipinski definition) is 5. The minimum Gasteiger partial charge on any atom is -0.484 e. The fraction of sp³-hybridized carbons (Fsp3) is 0.353. The van der Waals surface area contributed by atoms with Crippen LogP contribution < -0.4 is 15.0 Å². The van der Waals surface area contributed by atoms with Gasteiger partial charge in [-0.15, -0.1) is 0 Å². The molecule has 6 nitrogen and oxygen atoms in total. The summed E-state index contributed by atoms with van der Waals surface area (Å²) >= 11 is 5.89. The molecular formula is C17H19ClN4O2. The predicted molar refractivity (Wildman–Crippen MR) is 92.4 cm³/mol. The van der Waals surface area contributed by atoms with Crippen LogP contribution in [-0.2, 0) is 4.79 Å². The van der Waals surface area contributed by atoms with E-state index in [1.807, 2.05) is 0 Å². The van der Waals surface area contributed by atoms with Crippen LogP contribution in [0, 0.1) is 0 Å². The van der Waals surface area contributed by atoms with Crippen LogP contribution >= 0.6 is 11.6 Å². The molecule has 3 rings (SSSR count). The van der Waals surface area contributed by atoms with E-state index in [0.29, 0.717) is 23.3 Å². The van der Waals surface area contributed by atoms with Gasteiger partial charge in [0.1, 0.15) is 5.75 Å². The predicted octanol–water partition coefficient (Wildman–Crippen LogP) is 2.29. The van der Waals surface area contributed by atoms with Crippen molar-refractivity contribution in [3.8, 4) is 5.75 Å². The van der Waals surface area contributed by atoms with Crippen molar-refractivity contribution in [3.05, 3.63) is 47.7 Å². The number of halogens is 1. The first kappa shape index (κ1) is 16.5. The van der Waals surface area contributed by atoms with Crippen molar-refractivity contribution in [2.75, 3.05) is 24.6 Å². The summed E-state index contributed by atoms with van der Waals surface area (Å²) in [6, 6.07) is 8.86. The first-order valence-corrected chi connectivity index (χ1v) is 8.28. The van der Waals surface area contributed by atoms with E-state index in [1.165, 1.54) is 0 Å². The number of piperidine rings is 1. The number of anilines is 1. The summed E-state index contributed by atoms with van der Waals surface area (Å²) in [5, 5.41) is 3.59. The van der Waals surface area contributed by atoms with E-state index in [2.05, 4.69) is 20.2 Å². The smallest absolute Gasteiger partial charge is 0.258 e. The Morgan fingerprint density at radius 2 is 2.17 bits per heavy atom. The molecule has 1 aliphatic rings. The molecule has 24 heavy (non-hydrogen) atoms. The fourth-order valence-corrected chi connectivity index (χ4v) is 2.89. The van der Waals surface area contributed by atoms with Crippen LogP contribution in [0.4, 0.5) is 5.95 Å². The molecule has 1 fully saturated rings. The highest BCUT2D eigenvalue weighted by Gasteiger charge is 2.23. The van der Waals surface area contributed by atoms with Gasteiger partial charge in [0.2, 0.25) is 5.95 Å². The maximum absolute atomic E-state index is 12.1. The van der Waals surface area contributed by atoms with Gasteiger partial charge in [-0.2, -0.15) is 0 Å². The summed E-state index contributed by atoms with van der Waals surface area (Å²) in [7, 11) is 0. The van der Waals surface area contributed by atoms with Crippen LogP contribution in [0.15, 0.2) is 42.7 Å². The van der Waals surface area contributed by atoms with Crippen LogP contribution in [0.3, 0.4) is 0 Å². The van der Waals surface area contributed by atoms with E-state index in [4.69, 9.17) is 16.3 Å². The minimum atomic E-state index is -0.143. The number of hydrogen-bond donors (Lipinski definition) is 1. The first-order valence-electron chi connectivity index (χ1n) is 7.90. The quantitative estimate of drug-likeness (QED) is 0.899. The molecule has 126 valence electrons. The summed E-state index contributed by atoms with van der Waals surface area (Å²) in [5.74, 6) is 1.14. The normalized spacial score (nSPS) is 17.4. The number of rotatable bonds is 5. The van der Waals surface area contributed by atoms with E-state index in [0.717, 1.165) is 19.4 Å². The first-order chi connectivity index (χ1) is 11.7. The maximum Gasteiger partial charge on any atom is 0.258 e. The second kappa shape index (κ2) is 7.97. The highest BCUT2D eigenvalue weighted by Crippen LogP contribution is 2.17. The molecule has 7 heteroatoms. The molecule has 1 saturated heterocycles. The van der Waals surface area contributed by atoms with Crippen molar-refractivity contribution in [1.82, 2.24) is 15.3 Å². The van der Waals surface area contributed by atoms with Gasteiger partial charge in [0.25, 0.3) is 5.91 Å². The highest BCUT2D eigenvalue weighted by atomic mass is 35.5. The third-order valence-corrected chi connectivity index (χ3v) is 4.02. The zero-order valence-corrected chi connectivity index (χ0v) is 13.9. The lowest BCUT2D eigenvalue weighted by atomic mass is 10.1. The highest BCUT2D eigenvalue weighted by molar-refractivity contribution is 6.30. The molecule has 1 aromatic carbocycles. The van der Waals surface area contributed by atoms with Crippen molar-refractivity contribution in [2.45, 2.75) is 18.9 Å². The lowest BCUT2D eigenvalue weighted by molar-refractivity contribution is -0.123. The largest absolute Gasteiger partial charge is 0.484 e. The number of benzene rings is 1. The molecule has 0 radical (unpaired) electrons. The molecule has 2 heterocycles. The molecule has 2 aromatic rings. The van der Waals surface area contributed by atoms with Crippen molar-refractivity contribution >= 4 is 23.5 Å². The third kappa shape index (κ3) is 4.58. The zero-order chi connectivity index (χ0) is 16.8. The molecule has 1 aromatic heterocycles. The number of ether oxygens (including phenoxy) is 1. The van der Waals surface area contributed by atoms with Crippen LogP contribution in [0.2, 0.25) is 5.02 Å². The number of amides is 1. The van der Waals surface area contributed by atoms with Crippen molar-refractivity contribution in [1.29, 1.82) is 0 Å². The molecule has 1 atom stereocenters. The summed E-state index contributed by atoms with van der Waals surface area (Å²) in [6.07, 6.45) is 5.37. The van der Waals surface area contributed by atoms with E-state index >= 15 is 0 Å². The summed E-state index contributed by atoms with van der Waals surface area (Å²) in [6.45, 7) is 1.57. The van der Waals surface area contributed by atoms with Crippen molar-refractivity contribution in [3.63, 3.8) is 0 Å². The summed E-state index contributed by atoms with van der Waals surface area (Å²) < 4.78 is 5.47. The Morgan fingerprint density at radius 1 is 1.33 bits per heavy atom. The molecule has 0 unspecified atom stereocenters. The average Bonchev–Trinajstić information content (AvgIpc) is 2.61. The standard InChI is InChI=1S/C17H19ClN4O2/c18-13-4-1-6-15(10-13)24-12-16(23)21-14-5-2-9-22(11-14)17-19-7-3-8-20-17/h1,3-4,6-8,10,14H,2,5,9,11-12H2,(H,21,23)/t14-/m0/s1. The van der Waals surface area contributed by atoms with Crippen molar-refractivity contribution in [2.24, 2.45) is 0 Å². The Hall–Kier alpha value is -2.34. The van der Waals surface area contributed by atoms with E-state index in [1.54, 1.807) is 42.7 Å². The Kier molecular flexibility index (Phi) is 5.48. The van der Waals surface area contributed by atoms with Gasteiger partial charge in [-0.25, -0.2) is 9.97 Å². The topological polar surface area (TPSA) is 67.3 Å². The third-order valence-electron chi connectivity index (χ3n) is 3.79. The Morgan fingerprint density at radius 3 is 2.96 bits per heavy atom. The van der Waals surface area contributed by atoms with Gasteiger partial charge in [-0.05, 0) is 37.1 Å². The van der Waals surface area contributed by atoms with Gasteiger partial charge in [-0.1, -0.05) is 17.7 Å².